The maximum absolute atomic E-state index is 12.7. The molecule has 3 aromatic rings. The average Bonchev–Trinajstić information content (AvgIpc) is 3.25. The van der Waals surface area contributed by atoms with Crippen molar-refractivity contribution >= 4 is 40.6 Å². The van der Waals surface area contributed by atoms with Crippen molar-refractivity contribution in [2.75, 3.05) is 5.32 Å². The first-order chi connectivity index (χ1) is 13.2. The van der Waals surface area contributed by atoms with Crippen molar-refractivity contribution < 1.29 is 9.72 Å². The molecule has 146 valence electrons. The van der Waals surface area contributed by atoms with Crippen molar-refractivity contribution in [2.24, 2.45) is 0 Å². The van der Waals surface area contributed by atoms with Crippen LogP contribution in [0.3, 0.4) is 0 Å². The Labute approximate surface area is 170 Å². The van der Waals surface area contributed by atoms with E-state index in [1.54, 1.807) is 36.9 Å². The van der Waals surface area contributed by atoms with Gasteiger partial charge in [-0.1, -0.05) is 35.3 Å². The van der Waals surface area contributed by atoms with E-state index in [4.69, 9.17) is 23.2 Å². The van der Waals surface area contributed by atoms with Crippen LogP contribution in [0.2, 0.25) is 10.0 Å². The Hall–Kier alpha value is -2.91. The third-order valence-electron chi connectivity index (χ3n) is 4.11. The normalized spacial score (nSPS) is 11.4. The van der Waals surface area contributed by atoms with Crippen LogP contribution in [0, 0.1) is 10.1 Å². The van der Waals surface area contributed by atoms with Crippen LogP contribution in [-0.4, -0.2) is 30.4 Å². The summed E-state index contributed by atoms with van der Waals surface area (Å²) in [4.78, 5) is 23.0. The second kappa shape index (κ2) is 7.61. The van der Waals surface area contributed by atoms with Gasteiger partial charge in [-0.25, -0.2) is 0 Å². The summed E-state index contributed by atoms with van der Waals surface area (Å²) in [6, 6.07) is 7.28. The summed E-state index contributed by atoms with van der Waals surface area (Å²) < 4.78 is 2.81. The van der Waals surface area contributed by atoms with Gasteiger partial charge < -0.3 is 5.32 Å². The van der Waals surface area contributed by atoms with E-state index < -0.39 is 16.4 Å². The molecule has 1 amide bonds. The molecule has 3 rings (SSSR count). The van der Waals surface area contributed by atoms with Crippen molar-refractivity contribution in [3.05, 3.63) is 68.6 Å². The lowest BCUT2D eigenvalue weighted by molar-refractivity contribution is -0.385. The fraction of sp³-hybridized carbons (Fsp3) is 0.235. The number of benzene rings is 1. The third kappa shape index (κ3) is 4.15. The number of hydrogen-bond donors (Lipinski definition) is 1. The lowest BCUT2D eigenvalue weighted by atomic mass is 10.1. The molecule has 1 aromatic carbocycles. The Bertz CT molecular complexity index is 1030. The summed E-state index contributed by atoms with van der Waals surface area (Å²) in [5, 5.41) is 22.6. The van der Waals surface area contributed by atoms with E-state index in [1.807, 2.05) is 12.1 Å². The van der Waals surface area contributed by atoms with Gasteiger partial charge in [-0.3, -0.25) is 24.3 Å². The highest BCUT2D eigenvalue weighted by molar-refractivity contribution is 6.33. The Balaban J connectivity index is 1.75. The summed E-state index contributed by atoms with van der Waals surface area (Å²) in [5.74, 6) is -0.278. The number of nitrogens with one attached hydrogen (secondary N) is 1. The number of halogens is 2. The molecule has 0 spiro atoms. The van der Waals surface area contributed by atoms with Gasteiger partial charge in [-0.2, -0.15) is 10.2 Å². The quantitative estimate of drug-likeness (QED) is 0.480. The van der Waals surface area contributed by atoms with Crippen molar-refractivity contribution in [2.45, 2.75) is 25.9 Å². The van der Waals surface area contributed by atoms with Crippen molar-refractivity contribution in [3.63, 3.8) is 0 Å². The summed E-state index contributed by atoms with van der Waals surface area (Å²) in [6.45, 7) is 3.61. The zero-order valence-corrected chi connectivity index (χ0v) is 16.5. The van der Waals surface area contributed by atoms with Crippen LogP contribution in [-0.2, 0) is 16.9 Å². The Morgan fingerprint density at radius 3 is 2.54 bits per heavy atom. The largest absolute Gasteiger partial charge is 0.307 e. The lowest BCUT2D eigenvalue weighted by Crippen LogP contribution is -2.40. The first-order valence-electron chi connectivity index (χ1n) is 8.15. The number of aromatic nitrogens is 4. The molecule has 0 saturated carbocycles. The van der Waals surface area contributed by atoms with Gasteiger partial charge in [-0.05, 0) is 31.5 Å². The van der Waals surface area contributed by atoms with E-state index in [1.165, 1.54) is 10.9 Å². The molecule has 9 nitrogen and oxygen atoms in total. The number of hydrogen-bond acceptors (Lipinski definition) is 5. The topological polar surface area (TPSA) is 108 Å². The minimum Gasteiger partial charge on any atom is -0.306 e. The zero-order valence-electron chi connectivity index (χ0n) is 15.0. The molecule has 2 aromatic heterocycles. The van der Waals surface area contributed by atoms with Crippen LogP contribution < -0.4 is 5.32 Å². The second-order valence-electron chi connectivity index (χ2n) is 6.56. The van der Waals surface area contributed by atoms with Crippen LogP contribution in [0.15, 0.2) is 42.9 Å². The van der Waals surface area contributed by atoms with E-state index in [-0.39, 0.29) is 16.5 Å². The molecule has 11 heteroatoms. The SMILES string of the molecule is CC(C)(C(=O)Nc1nn(Cc2ccc(Cl)cc2)cc1Cl)n1cc([N+](=O)[O-])cn1. The van der Waals surface area contributed by atoms with Crippen LogP contribution in [0.5, 0.6) is 0 Å². The Kier molecular flexibility index (Phi) is 5.39. The molecule has 28 heavy (non-hydrogen) atoms. The van der Waals surface area contributed by atoms with Crippen LogP contribution in [0.1, 0.15) is 19.4 Å². The molecule has 0 aliphatic rings. The summed E-state index contributed by atoms with van der Waals surface area (Å²) in [5.41, 5.74) is -0.436. The zero-order chi connectivity index (χ0) is 20.5. The number of amides is 1. The lowest BCUT2D eigenvalue weighted by Gasteiger charge is -2.23. The van der Waals surface area contributed by atoms with Crippen molar-refractivity contribution in [1.29, 1.82) is 0 Å². The molecule has 0 unspecified atom stereocenters. The number of nitro groups is 1. The van der Waals surface area contributed by atoms with Gasteiger partial charge in [0.25, 0.3) is 5.91 Å². The Morgan fingerprint density at radius 2 is 1.93 bits per heavy atom. The highest BCUT2D eigenvalue weighted by atomic mass is 35.5. The Morgan fingerprint density at radius 1 is 1.25 bits per heavy atom. The molecule has 2 heterocycles. The van der Waals surface area contributed by atoms with Gasteiger partial charge in [0, 0.05) is 11.2 Å². The highest BCUT2D eigenvalue weighted by Gasteiger charge is 2.33. The highest BCUT2D eigenvalue weighted by Crippen LogP contribution is 2.24. The molecule has 0 saturated heterocycles. The smallest absolute Gasteiger partial charge is 0.306 e. The van der Waals surface area contributed by atoms with Gasteiger partial charge in [0.2, 0.25) is 0 Å². The van der Waals surface area contributed by atoms with Crippen molar-refractivity contribution in [3.8, 4) is 0 Å². The van der Waals surface area contributed by atoms with Gasteiger partial charge in [0.1, 0.15) is 23.0 Å². The van der Waals surface area contributed by atoms with E-state index in [0.717, 1.165) is 11.8 Å². The van der Waals surface area contributed by atoms with Gasteiger partial charge in [0.15, 0.2) is 5.82 Å². The fourth-order valence-corrected chi connectivity index (χ4v) is 2.74. The van der Waals surface area contributed by atoms with E-state index in [9.17, 15) is 14.9 Å². The second-order valence-corrected chi connectivity index (χ2v) is 7.41. The number of carbonyl (C=O) groups is 1. The predicted molar refractivity (Wildman–Crippen MR) is 105 cm³/mol. The molecule has 0 aliphatic heterocycles. The molecular weight excluding hydrogens is 407 g/mol. The number of rotatable bonds is 6. The number of nitrogens with zero attached hydrogens (tertiary/aromatic N) is 5. The van der Waals surface area contributed by atoms with Gasteiger partial charge in [-0.15, -0.1) is 0 Å². The predicted octanol–water partition coefficient (Wildman–Crippen LogP) is 3.72. The molecule has 0 atom stereocenters. The minimum atomic E-state index is -1.20. The standard InChI is InChI=1S/C17H16Cl2N6O3/c1-17(2,24-9-13(7-20-24)25(27)28)16(26)21-15-14(19)10-23(22-15)8-11-3-5-12(18)6-4-11/h3-7,9-10H,8H2,1-2H3,(H,21,22,26). The van der Waals surface area contributed by atoms with E-state index in [0.29, 0.717) is 11.6 Å². The maximum atomic E-state index is 12.7. The molecule has 0 radical (unpaired) electrons. The summed E-state index contributed by atoms with van der Waals surface area (Å²) >= 11 is 12.1. The monoisotopic (exact) mass is 422 g/mol. The van der Waals surface area contributed by atoms with Crippen LogP contribution in [0.4, 0.5) is 11.5 Å². The molecule has 0 aliphatic carbocycles. The molecular formula is C17H16Cl2N6O3. The van der Waals surface area contributed by atoms with Crippen LogP contribution in [0.25, 0.3) is 0 Å². The van der Waals surface area contributed by atoms with Crippen LogP contribution >= 0.6 is 23.2 Å². The maximum Gasteiger partial charge on any atom is 0.307 e. The minimum absolute atomic E-state index is 0.190. The van der Waals surface area contributed by atoms with Gasteiger partial charge in [0.05, 0.1) is 11.5 Å². The fourth-order valence-electron chi connectivity index (χ4n) is 2.42. The number of carbonyl (C=O) groups excluding carboxylic acids is 1. The number of anilines is 1. The first kappa shape index (κ1) is 19.8. The third-order valence-corrected chi connectivity index (χ3v) is 4.64. The average molecular weight is 423 g/mol. The molecule has 0 fully saturated rings. The van der Waals surface area contributed by atoms with E-state index >= 15 is 0 Å². The molecule has 0 bridgehead atoms. The van der Waals surface area contributed by atoms with Crippen molar-refractivity contribution in [1.82, 2.24) is 19.6 Å². The van der Waals surface area contributed by atoms with Gasteiger partial charge >= 0.3 is 5.69 Å². The summed E-state index contributed by atoms with van der Waals surface area (Å²) in [6.07, 6.45) is 3.88. The molecule has 1 N–H and O–H groups in total. The summed E-state index contributed by atoms with van der Waals surface area (Å²) in [7, 11) is 0. The first-order valence-corrected chi connectivity index (χ1v) is 8.91. The van der Waals surface area contributed by atoms with E-state index in [2.05, 4.69) is 15.5 Å².